The Balaban J connectivity index is 2.28. The summed E-state index contributed by atoms with van der Waals surface area (Å²) < 4.78 is 0. The molecule has 0 fully saturated rings. The lowest BCUT2D eigenvalue weighted by Crippen LogP contribution is -2.31. The van der Waals surface area contributed by atoms with Crippen molar-refractivity contribution in [2.75, 3.05) is 27.2 Å². The van der Waals surface area contributed by atoms with Crippen LogP contribution >= 0.6 is 11.3 Å². The van der Waals surface area contributed by atoms with Crippen molar-refractivity contribution in [2.45, 2.75) is 26.3 Å². The van der Waals surface area contributed by atoms with Gasteiger partial charge in [0.15, 0.2) is 0 Å². The first kappa shape index (κ1) is 15.6. The van der Waals surface area contributed by atoms with E-state index in [9.17, 15) is 4.79 Å². The van der Waals surface area contributed by atoms with Gasteiger partial charge in [-0.2, -0.15) is 5.26 Å². The van der Waals surface area contributed by atoms with Crippen LogP contribution in [0, 0.1) is 18.3 Å². The molecule has 0 saturated carbocycles. The Hall–Kier alpha value is -1.45. The van der Waals surface area contributed by atoms with Crippen LogP contribution in [0.15, 0.2) is 5.38 Å². The number of carbonyl (C=O) groups is 1. The summed E-state index contributed by atoms with van der Waals surface area (Å²) in [6, 6.07) is 2.04. The molecule has 0 atom stereocenters. The molecule has 0 aliphatic heterocycles. The van der Waals surface area contributed by atoms with Gasteiger partial charge >= 0.3 is 0 Å². The minimum Gasteiger partial charge on any atom is -0.345 e. The number of rotatable bonds is 7. The lowest BCUT2D eigenvalue weighted by atomic mass is 10.3. The quantitative estimate of drug-likeness (QED) is 0.762. The Morgan fingerprint density at radius 2 is 2.21 bits per heavy atom. The van der Waals surface area contributed by atoms with Crippen molar-refractivity contribution >= 4 is 17.2 Å². The molecule has 1 aromatic heterocycles. The maximum absolute atomic E-state index is 11.8. The van der Waals surface area contributed by atoms with Crippen molar-refractivity contribution < 1.29 is 4.79 Å². The van der Waals surface area contributed by atoms with E-state index in [1.807, 2.05) is 25.4 Å². The Labute approximate surface area is 118 Å². The van der Waals surface area contributed by atoms with Gasteiger partial charge in [0.25, 0.3) is 0 Å². The van der Waals surface area contributed by atoms with Gasteiger partial charge in [0.05, 0.1) is 23.2 Å². The standard InChI is InChI=1S/C13H20N4OS/c1-11-15-12(10-19-11)9-16(2)8-5-13(18)17(3)7-4-6-14/h10H,4-5,7-9H2,1-3H3. The molecule has 5 nitrogen and oxygen atoms in total. The largest absolute Gasteiger partial charge is 0.345 e. The fourth-order valence-electron chi connectivity index (χ4n) is 1.66. The van der Waals surface area contributed by atoms with Gasteiger partial charge in [-0.05, 0) is 14.0 Å². The minimum absolute atomic E-state index is 0.0801. The zero-order valence-corrected chi connectivity index (χ0v) is 12.5. The summed E-state index contributed by atoms with van der Waals surface area (Å²) in [7, 11) is 3.72. The summed E-state index contributed by atoms with van der Waals surface area (Å²) >= 11 is 1.64. The van der Waals surface area contributed by atoms with Gasteiger partial charge < -0.3 is 9.80 Å². The van der Waals surface area contributed by atoms with E-state index in [2.05, 4.69) is 9.88 Å². The van der Waals surface area contributed by atoms with E-state index in [1.54, 1.807) is 23.3 Å². The zero-order chi connectivity index (χ0) is 14.3. The predicted octanol–water partition coefficient (Wildman–Crippen LogP) is 1.65. The van der Waals surface area contributed by atoms with E-state index >= 15 is 0 Å². The van der Waals surface area contributed by atoms with Crippen LogP contribution in [0.2, 0.25) is 0 Å². The molecule has 0 radical (unpaired) electrons. The van der Waals surface area contributed by atoms with Gasteiger partial charge in [-0.3, -0.25) is 4.79 Å². The van der Waals surface area contributed by atoms with Crippen molar-refractivity contribution in [3.05, 3.63) is 16.1 Å². The maximum Gasteiger partial charge on any atom is 0.223 e. The minimum atomic E-state index is 0.0801. The average Bonchev–Trinajstić information content (AvgIpc) is 2.78. The van der Waals surface area contributed by atoms with Crippen LogP contribution in [0.25, 0.3) is 0 Å². The van der Waals surface area contributed by atoms with Crippen molar-refractivity contribution in [1.29, 1.82) is 5.26 Å². The Morgan fingerprint density at radius 3 is 2.79 bits per heavy atom. The SMILES string of the molecule is Cc1nc(CN(C)CCC(=O)N(C)CCC#N)cs1. The first-order valence-electron chi connectivity index (χ1n) is 6.23. The molecule has 1 heterocycles. The number of nitrogens with zero attached hydrogens (tertiary/aromatic N) is 4. The van der Waals surface area contributed by atoms with Crippen molar-refractivity contribution in [3.8, 4) is 6.07 Å². The molecular weight excluding hydrogens is 260 g/mol. The number of thiazole rings is 1. The monoisotopic (exact) mass is 280 g/mol. The first-order valence-corrected chi connectivity index (χ1v) is 7.11. The predicted molar refractivity (Wildman–Crippen MR) is 75.7 cm³/mol. The van der Waals surface area contributed by atoms with E-state index in [4.69, 9.17) is 5.26 Å². The summed E-state index contributed by atoms with van der Waals surface area (Å²) in [4.78, 5) is 19.9. The number of carbonyl (C=O) groups excluding carboxylic acids is 1. The first-order chi connectivity index (χ1) is 9.02. The van der Waals surface area contributed by atoms with Crippen molar-refractivity contribution in [2.24, 2.45) is 0 Å². The molecule has 0 saturated heterocycles. The topological polar surface area (TPSA) is 60.2 Å². The molecule has 1 aromatic rings. The molecule has 104 valence electrons. The second-order valence-electron chi connectivity index (χ2n) is 4.57. The number of aromatic nitrogens is 1. The molecule has 0 N–H and O–H groups in total. The van der Waals surface area contributed by atoms with Gasteiger partial charge in [-0.1, -0.05) is 0 Å². The fraction of sp³-hybridized carbons (Fsp3) is 0.615. The van der Waals surface area contributed by atoms with Crippen LogP contribution in [0.5, 0.6) is 0 Å². The molecule has 1 amide bonds. The molecule has 1 rings (SSSR count). The molecule has 0 aromatic carbocycles. The third-order valence-corrected chi connectivity index (χ3v) is 3.61. The van der Waals surface area contributed by atoms with Crippen LogP contribution in [-0.2, 0) is 11.3 Å². The van der Waals surface area contributed by atoms with Gasteiger partial charge in [0.2, 0.25) is 5.91 Å². The van der Waals surface area contributed by atoms with Gasteiger partial charge in [-0.25, -0.2) is 4.98 Å². The van der Waals surface area contributed by atoms with Crippen LogP contribution in [0.3, 0.4) is 0 Å². The molecule has 0 aliphatic carbocycles. The van der Waals surface area contributed by atoms with E-state index in [0.717, 1.165) is 17.2 Å². The normalized spacial score (nSPS) is 10.5. The van der Waals surface area contributed by atoms with Crippen molar-refractivity contribution in [1.82, 2.24) is 14.8 Å². The number of aryl methyl sites for hydroxylation is 1. The van der Waals surface area contributed by atoms with Gasteiger partial charge in [0, 0.05) is 38.5 Å². The smallest absolute Gasteiger partial charge is 0.223 e. The number of hydrogen-bond acceptors (Lipinski definition) is 5. The molecule has 0 spiro atoms. The Kier molecular flexibility index (Phi) is 6.46. The maximum atomic E-state index is 11.8. The number of amides is 1. The molecule has 19 heavy (non-hydrogen) atoms. The second-order valence-corrected chi connectivity index (χ2v) is 5.63. The highest BCUT2D eigenvalue weighted by molar-refractivity contribution is 7.09. The third-order valence-electron chi connectivity index (χ3n) is 2.79. The summed E-state index contributed by atoms with van der Waals surface area (Å²) in [5, 5.41) is 11.6. The molecule has 0 aliphatic rings. The van der Waals surface area contributed by atoms with E-state index < -0.39 is 0 Å². The van der Waals surface area contributed by atoms with E-state index in [1.165, 1.54) is 0 Å². The Bertz CT molecular complexity index is 452. The second kappa shape index (κ2) is 7.87. The molecule has 0 bridgehead atoms. The van der Waals surface area contributed by atoms with Crippen LogP contribution in [0.4, 0.5) is 0 Å². The lowest BCUT2D eigenvalue weighted by Gasteiger charge is -2.19. The zero-order valence-electron chi connectivity index (χ0n) is 11.7. The molecule has 0 unspecified atom stereocenters. The van der Waals surface area contributed by atoms with Gasteiger partial charge in [0.1, 0.15) is 0 Å². The summed E-state index contributed by atoms with van der Waals surface area (Å²) in [5.74, 6) is 0.0801. The van der Waals surface area contributed by atoms with Gasteiger partial charge in [-0.15, -0.1) is 11.3 Å². The Morgan fingerprint density at radius 1 is 1.47 bits per heavy atom. The highest BCUT2D eigenvalue weighted by atomic mass is 32.1. The fourth-order valence-corrected chi connectivity index (χ4v) is 2.26. The van der Waals surface area contributed by atoms with Crippen molar-refractivity contribution in [3.63, 3.8) is 0 Å². The summed E-state index contributed by atoms with van der Waals surface area (Å²) in [5.41, 5.74) is 1.05. The van der Waals surface area contributed by atoms with Crippen LogP contribution < -0.4 is 0 Å². The highest BCUT2D eigenvalue weighted by Crippen LogP contribution is 2.09. The number of nitriles is 1. The average molecular weight is 280 g/mol. The van der Waals surface area contributed by atoms with Crippen LogP contribution in [-0.4, -0.2) is 47.9 Å². The summed E-state index contributed by atoms with van der Waals surface area (Å²) in [6.45, 7) is 3.96. The highest BCUT2D eigenvalue weighted by Gasteiger charge is 2.10. The lowest BCUT2D eigenvalue weighted by molar-refractivity contribution is -0.130. The molecule has 6 heteroatoms. The summed E-state index contributed by atoms with van der Waals surface area (Å²) in [6.07, 6.45) is 0.859. The van der Waals surface area contributed by atoms with Crippen LogP contribution in [0.1, 0.15) is 23.5 Å². The molecular formula is C13H20N4OS. The van der Waals surface area contributed by atoms with E-state index in [-0.39, 0.29) is 5.91 Å². The number of hydrogen-bond donors (Lipinski definition) is 0. The van der Waals surface area contributed by atoms with E-state index in [0.29, 0.717) is 25.9 Å². The third kappa shape index (κ3) is 5.81.